The molecule has 2 aliphatic carbocycles. The van der Waals surface area contributed by atoms with Crippen LogP contribution in [0.5, 0.6) is 23.0 Å². The van der Waals surface area contributed by atoms with E-state index in [9.17, 15) is 0 Å². The Bertz CT molecular complexity index is 3850. The lowest BCUT2D eigenvalue weighted by atomic mass is 9.67. The Morgan fingerprint density at radius 1 is 0.308 bits per heavy atom. The number of nitrogens with zero attached hydrogens (tertiary/aromatic N) is 1. The minimum atomic E-state index is -1.00. The van der Waals surface area contributed by atoms with Crippen molar-refractivity contribution in [1.29, 1.82) is 0 Å². The second kappa shape index (κ2) is 19.3. The van der Waals surface area contributed by atoms with Crippen molar-refractivity contribution in [1.82, 2.24) is 0 Å². The molecular weight excluding hydrogens is 968 g/mol. The van der Waals surface area contributed by atoms with Crippen LogP contribution in [-0.2, 0) is 10.8 Å². The Labute approximate surface area is 451 Å². The SMILES string of the molecule is C=Cc1ccc(Oc2ccc(C3(c4cccc(F)c4)c4ccccc4-c4ccc(N(c5ccc(F)cc5)c5ccc6c(c5)C(c5ccc(Oc7ccc(C=C)cc7)cc5)(c5cccc(F)c5)c5ccccc5-6)cc43)cc2)cc1. The van der Waals surface area contributed by atoms with E-state index < -0.39 is 10.8 Å². The van der Waals surface area contributed by atoms with E-state index in [0.29, 0.717) is 28.7 Å². The van der Waals surface area contributed by atoms with E-state index in [4.69, 9.17) is 9.47 Å². The van der Waals surface area contributed by atoms with Crippen molar-refractivity contribution >= 4 is 29.2 Å². The topological polar surface area (TPSA) is 21.7 Å². The molecule has 13 rings (SSSR count). The molecule has 11 aromatic rings. The molecule has 2 aliphatic rings. The van der Waals surface area contributed by atoms with Gasteiger partial charge in [-0.1, -0.05) is 159 Å². The first-order valence-electron chi connectivity index (χ1n) is 25.8. The first-order chi connectivity index (χ1) is 38.2. The Morgan fingerprint density at radius 3 is 1.08 bits per heavy atom. The molecule has 78 heavy (non-hydrogen) atoms. The van der Waals surface area contributed by atoms with Crippen molar-refractivity contribution in [2.24, 2.45) is 0 Å². The zero-order chi connectivity index (χ0) is 53.0. The van der Waals surface area contributed by atoms with Gasteiger partial charge in [0.05, 0.1) is 10.8 Å². The van der Waals surface area contributed by atoms with Crippen LogP contribution in [0.4, 0.5) is 30.2 Å². The Hall–Kier alpha value is -9.91. The predicted octanol–water partition coefficient (Wildman–Crippen LogP) is 19.2. The largest absolute Gasteiger partial charge is 0.457 e. The summed E-state index contributed by atoms with van der Waals surface area (Å²) in [6.45, 7) is 7.75. The van der Waals surface area contributed by atoms with Crippen LogP contribution in [-0.4, -0.2) is 0 Å². The fourth-order valence-corrected chi connectivity index (χ4v) is 12.0. The third kappa shape index (κ3) is 7.91. The second-order valence-corrected chi connectivity index (χ2v) is 19.7. The highest BCUT2D eigenvalue weighted by Crippen LogP contribution is 2.60. The highest BCUT2D eigenvalue weighted by atomic mass is 19.1. The number of rotatable bonds is 13. The highest BCUT2D eigenvalue weighted by molar-refractivity contribution is 5.92. The van der Waals surface area contributed by atoms with Crippen LogP contribution in [0.3, 0.4) is 0 Å². The van der Waals surface area contributed by atoms with E-state index in [1.54, 1.807) is 48.6 Å². The van der Waals surface area contributed by atoms with Gasteiger partial charge in [-0.3, -0.25) is 0 Å². The molecule has 2 atom stereocenters. The van der Waals surface area contributed by atoms with Crippen LogP contribution in [0.2, 0.25) is 0 Å². The summed E-state index contributed by atoms with van der Waals surface area (Å²) in [4.78, 5) is 2.14. The van der Waals surface area contributed by atoms with Gasteiger partial charge in [0.2, 0.25) is 0 Å². The molecule has 0 N–H and O–H groups in total. The average Bonchev–Trinajstić information content (AvgIpc) is 3.87. The first-order valence-corrected chi connectivity index (χ1v) is 25.8. The minimum absolute atomic E-state index is 0.355. The van der Waals surface area contributed by atoms with Crippen molar-refractivity contribution < 1.29 is 22.6 Å². The summed E-state index contributed by atoms with van der Waals surface area (Å²) in [5, 5.41) is 0. The number of fused-ring (bicyclic) bond motifs is 6. The number of halogens is 3. The normalized spacial score (nSPS) is 15.6. The highest BCUT2D eigenvalue weighted by Gasteiger charge is 2.48. The van der Waals surface area contributed by atoms with Crippen molar-refractivity contribution in [2.75, 3.05) is 4.90 Å². The number of hydrogen-bond donors (Lipinski definition) is 0. The molecule has 3 nitrogen and oxygen atoms in total. The van der Waals surface area contributed by atoms with Crippen molar-refractivity contribution in [2.45, 2.75) is 10.8 Å². The van der Waals surface area contributed by atoms with Crippen LogP contribution in [0.25, 0.3) is 34.4 Å². The number of ether oxygens (including phenoxy) is 2. The van der Waals surface area contributed by atoms with E-state index in [-0.39, 0.29) is 17.5 Å². The molecule has 0 aromatic heterocycles. The molecule has 2 unspecified atom stereocenters. The smallest absolute Gasteiger partial charge is 0.127 e. The monoisotopic (exact) mass is 1020 g/mol. The molecular formula is C72H48F3NO2. The maximum atomic E-state index is 15.9. The fraction of sp³-hybridized carbons (Fsp3) is 0.0278. The molecule has 0 heterocycles. The van der Waals surface area contributed by atoms with Crippen LogP contribution in [0, 0.1) is 17.5 Å². The molecule has 0 bridgehead atoms. The van der Waals surface area contributed by atoms with Gasteiger partial charge in [0, 0.05) is 17.1 Å². The zero-order valence-electron chi connectivity index (χ0n) is 42.2. The van der Waals surface area contributed by atoms with Gasteiger partial charge >= 0.3 is 0 Å². The summed E-state index contributed by atoms with van der Waals surface area (Å²) >= 11 is 0. The van der Waals surface area contributed by atoms with Gasteiger partial charge in [-0.05, 0) is 199 Å². The molecule has 11 aromatic carbocycles. The quantitative estimate of drug-likeness (QED) is 0.115. The standard InChI is InChI=1S/C72H48F3NO2/c1-3-47-19-33-59(34-20-47)77-61-37-23-49(24-38-61)71(51-11-9-13-54(74)43-51)67-17-7-5-15-63(67)65-41-31-57(45-69(65)71)76(56-29-27-53(73)28-30-56)58-32-42-66-64-16-6-8-18-68(64)72(70(66)46-58,52-12-10-14-55(75)44-52)50-25-39-62(40-26-50)78-60-35-21-48(4-2)22-36-60/h3-46H,1-2H2. The first kappa shape index (κ1) is 47.8. The molecule has 0 radical (unpaired) electrons. The molecule has 0 spiro atoms. The van der Waals surface area contributed by atoms with E-state index in [1.807, 2.05) is 109 Å². The molecule has 0 saturated heterocycles. The predicted molar refractivity (Wildman–Crippen MR) is 309 cm³/mol. The third-order valence-corrected chi connectivity index (χ3v) is 15.5. The van der Waals surface area contributed by atoms with E-state index >= 15 is 13.2 Å². The van der Waals surface area contributed by atoms with E-state index in [1.165, 1.54) is 24.3 Å². The number of benzene rings is 11. The summed E-state index contributed by atoms with van der Waals surface area (Å²) in [5.41, 5.74) is 13.5. The maximum Gasteiger partial charge on any atom is 0.127 e. The van der Waals surface area contributed by atoms with Crippen LogP contribution < -0.4 is 14.4 Å². The van der Waals surface area contributed by atoms with E-state index in [0.717, 1.165) is 89.3 Å². The minimum Gasteiger partial charge on any atom is -0.457 e. The van der Waals surface area contributed by atoms with Crippen LogP contribution in [0.1, 0.15) is 55.6 Å². The average molecular weight is 1020 g/mol. The van der Waals surface area contributed by atoms with Crippen LogP contribution in [0.15, 0.2) is 268 Å². The third-order valence-electron chi connectivity index (χ3n) is 15.5. The Kier molecular flexibility index (Phi) is 11.8. The molecule has 0 aliphatic heterocycles. The van der Waals surface area contributed by atoms with E-state index in [2.05, 4.69) is 103 Å². The molecule has 0 fully saturated rings. The zero-order valence-corrected chi connectivity index (χ0v) is 42.2. The van der Waals surface area contributed by atoms with Crippen molar-refractivity contribution in [3.63, 3.8) is 0 Å². The summed E-state index contributed by atoms with van der Waals surface area (Å²) in [5.74, 6) is 1.59. The second-order valence-electron chi connectivity index (χ2n) is 19.7. The van der Waals surface area contributed by atoms with Gasteiger partial charge in [-0.15, -0.1) is 0 Å². The summed E-state index contributed by atoms with van der Waals surface area (Å²) in [6.07, 6.45) is 3.58. The molecule has 0 saturated carbocycles. The number of hydrogen-bond acceptors (Lipinski definition) is 3. The van der Waals surface area contributed by atoms with Gasteiger partial charge in [-0.2, -0.15) is 0 Å². The van der Waals surface area contributed by atoms with Gasteiger partial charge in [0.1, 0.15) is 40.4 Å². The van der Waals surface area contributed by atoms with Crippen LogP contribution >= 0.6 is 0 Å². The molecule has 6 heteroatoms. The van der Waals surface area contributed by atoms with Gasteiger partial charge < -0.3 is 14.4 Å². The molecule has 374 valence electrons. The Balaban J connectivity index is 1.00. The maximum absolute atomic E-state index is 15.9. The number of anilines is 3. The Morgan fingerprint density at radius 2 is 0.679 bits per heavy atom. The lowest BCUT2D eigenvalue weighted by Crippen LogP contribution is -2.29. The molecule has 0 amide bonds. The lowest BCUT2D eigenvalue weighted by Gasteiger charge is -2.36. The summed E-state index contributed by atoms with van der Waals surface area (Å²) in [6, 6.07) is 81.4. The summed E-state index contributed by atoms with van der Waals surface area (Å²) < 4.78 is 59.6. The van der Waals surface area contributed by atoms with Gasteiger partial charge in [0.15, 0.2) is 0 Å². The van der Waals surface area contributed by atoms with Crippen molar-refractivity contribution in [3.8, 4) is 45.3 Å². The van der Waals surface area contributed by atoms with Gasteiger partial charge in [-0.25, -0.2) is 13.2 Å². The fourth-order valence-electron chi connectivity index (χ4n) is 12.0. The van der Waals surface area contributed by atoms with Gasteiger partial charge in [0.25, 0.3) is 0 Å². The lowest BCUT2D eigenvalue weighted by molar-refractivity contribution is 0.482. The summed E-state index contributed by atoms with van der Waals surface area (Å²) in [7, 11) is 0. The van der Waals surface area contributed by atoms with Crippen molar-refractivity contribution in [3.05, 3.63) is 341 Å².